The second kappa shape index (κ2) is 9.18. The lowest BCUT2D eigenvalue weighted by atomic mass is 9.94. The van der Waals surface area contributed by atoms with Crippen molar-refractivity contribution >= 4 is 31.6 Å². The molecular weight excluding hydrogens is 454 g/mol. The Kier molecular flexibility index (Phi) is 6.94. The quantitative estimate of drug-likeness (QED) is 0.650. The molecule has 1 saturated heterocycles. The van der Waals surface area contributed by atoms with E-state index in [1.54, 1.807) is 0 Å². The predicted molar refractivity (Wildman–Crippen MR) is 120 cm³/mol. The lowest BCUT2D eigenvalue weighted by Crippen LogP contribution is -2.42. The topological polar surface area (TPSA) is 136 Å². The highest BCUT2D eigenvalue weighted by Gasteiger charge is 2.31. The molecule has 3 rings (SSSR count). The van der Waals surface area contributed by atoms with Gasteiger partial charge in [-0.2, -0.15) is 4.31 Å². The molecule has 1 fully saturated rings. The van der Waals surface area contributed by atoms with Crippen LogP contribution in [-0.4, -0.2) is 47.2 Å². The SMILES string of the molecule is COc1ccc(NC(=O)c2ccc(S(=O)(=O)N3C[C@H](C)C[C@@H](C)C3)cc2)cc1S(N)(=O)=O. The van der Waals surface area contributed by atoms with Crippen LogP contribution >= 0.6 is 0 Å². The molecule has 174 valence electrons. The fourth-order valence-corrected chi connectivity index (χ4v) is 6.31. The summed E-state index contributed by atoms with van der Waals surface area (Å²) < 4.78 is 56.0. The molecule has 0 spiro atoms. The number of ether oxygens (including phenoxy) is 1. The highest BCUT2D eigenvalue weighted by atomic mass is 32.2. The molecule has 0 aromatic heterocycles. The number of piperidine rings is 1. The molecule has 2 aromatic rings. The second-order valence-corrected chi connectivity index (χ2v) is 11.6. The Hall–Kier alpha value is -2.47. The van der Waals surface area contributed by atoms with Gasteiger partial charge in [-0.15, -0.1) is 0 Å². The largest absolute Gasteiger partial charge is 0.495 e. The van der Waals surface area contributed by atoms with Gasteiger partial charge in [0.05, 0.1) is 12.0 Å². The lowest BCUT2D eigenvalue weighted by molar-refractivity contribution is 0.102. The average Bonchev–Trinajstić information content (AvgIpc) is 2.72. The third kappa shape index (κ3) is 5.29. The Labute approximate surface area is 188 Å². The first-order valence-corrected chi connectivity index (χ1v) is 13.0. The molecule has 2 atom stereocenters. The van der Waals surface area contributed by atoms with Gasteiger partial charge < -0.3 is 10.1 Å². The second-order valence-electron chi connectivity index (χ2n) is 8.16. The number of sulfonamides is 2. The number of nitrogens with two attached hydrogens (primary N) is 1. The van der Waals surface area contributed by atoms with Crippen LogP contribution in [0, 0.1) is 11.8 Å². The van der Waals surface area contributed by atoms with E-state index in [4.69, 9.17) is 9.88 Å². The summed E-state index contributed by atoms with van der Waals surface area (Å²) >= 11 is 0. The van der Waals surface area contributed by atoms with Crippen molar-refractivity contribution in [2.45, 2.75) is 30.1 Å². The first-order valence-electron chi connectivity index (χ1n) is 10.0. The Balaban J connectivity index is 1.79. The number of rotatable bonds is 6. The number of amides is 1. The van der Waals surface area contributed by atoms with E-state index in [0.29, 0.717) is 13.1 Å². The lowest BCUT2D eigenvalue weighted by Gasteiger charge is -2.34. The summed E-state index contributed by atoms with van der Waals surface area (Å²) in [5.74, 6) is 0.0942. The molecule has 9 nitrogen and oxygen atoms in total. The minimum atomic E-state index is -4.06. The van der Waals surface area contributed by atoms with Gasteiger partial charge in [-0.1, -0.05) is 13.8 Å². The average molecular weight is 482 g/mol. The van der Waals surface area contributed by atoms with Gasteiger partial charge in [0.15, 0.2) is 0 Å². The van der Waals surface area contributed by atoms with Crippen molar-refractivity contribution in [1.82, 2.24) is 4.31 Å². The maximum atomic E-state index is 13.0. The van der Waals surface area contributed by atoms with Gasteiger partial charge in [0.2, 0.25) is 20.0 Å². The number of carbonyl (C=O) groups is 1. The van der Waals surface area contributed by atoms with E-state index < -0.39 is 26.0 Å². The van der Waals surface area contributed by atoms with Crippen LogP contribution in [0.1, 0.15) is 30.6 Å². The number of carbonyl (C=O) groups excluding carboxylic acids is 1. The smallest absolute Gasteiger partial charge is 0.255 e. The summed E-state index contributed by atoms with van der Waals surface area (Å²) in [5, 5.41) is 7.78. The van der Waals surface area contributed by atoms with Crippen molar-refractivity contribution in [3.8, 4) is 5.75 Å². The van der Waals surface area contributed by atoms with Crippen molar-refractivity contribution in [3.05, 3.63) is 48.0 Å². The molecule has 11 heteroatoms. The van der Waals surface area contributed by atoms with Crippen LogP contribution < -0.4 is 15.2 Å². The van der Waals surface area contributed by atoms with Gasteiger partial charge in [-0.3, -0.25) is 4.79 Å². The monoisotopic (exact) mass is 481 g/mol. The summed E-state index contributed by atoms with van der Waals surface area (Å²) in [5.41, 5.74) is 0.421. The molecule has 32 heavy (non-hydrogen) atoms. The van der Waals surface area contributed by atoms with E-state index in [9.17, 15) is 21.6 Å². The summed E-state index contributed by atoms with van der Waals surface area (Å²) in [6, 6.07) is 9.69. The van der Waals surface area contributed by atoms with Crippen LogP contribution in [0.15, 0.2) is 52.3 Å². The zero-order valence-corrected chi connectivity index (χ0v) is 19.7. The van der Waals surface area contributed by atoms with Crippen molar-refractivity contribution < 1.29 is 26.4 Å². The molecule has 1 amide bonds. The normalized spacial score (nSPS) is 20.0. The Bertz CT molecular complexity index is 1200. The minimum absolute atomic E-state index is 0.0569. The van der Waals surface area contributed by atoms with E-state index in [1.165, 1.54) is 53.9 Å². The van der Waals surface area contributed by atoms with Crippen molar-refractivity contribution in [3.63, 3.8) is 0 Å². The molecule has 0 unspecified atom stereocenters. The first kappa shape index (κ1) is 24.2. The van der Waals surface area contributed by atoms with Crippen molar-refractivity contribution in [1.29, 1.82) is 0 Å². The maximum absolute atomic E-state index is 13.0. The standard InChI is InChI=1S/C21H27N3O6S2/c1-14-10-15(2)13-24(12-14)32(28,29)18-7-4-16(5-8-18)21(25)23-17-6-9-19(30-3)20(11-17)31(22,26)27/h4-9,11,14-15H,10,12-13H2,1-3H3,(H,23,25)(H2,22,26,27)/t14-,15-/m1/s1. The van der Waals surface area contributed by atoms with E-state index in [1.807, 2.05) is 13.8 Å². The Morgan fingerprint density at radius 2 is 1.62 bits per heavy atom. The molecule has 1 aliphatic rings. The zero-order valence-electron chi connectivity index (χ0n) is 18.1. The minimum Gasteiger partial charge on any atom is -0.495 e. The van der Waals surface area contributed by atoms with Crippen LogP contribution in [0.25, 0.3) is 0 Å². The van der Waals surface area contributed by atoms with Gasteiger partial charge >= 0.3 is 0 Å². The van der Waals surface area contributed by atoms with Gasteiger partial charge in [-0.25, -0.2) is 22.0 Å². The number of hydrogen-bond acceptors (Lipinski definition) is 6. The molecule has 0 aliphatic carbocycles. The van der Waals surface area contributed by atoms with Crippen LogP contribution in [-0.2, 0) is 20.0 Å². The first-order chi connectivity index (χ1) is 14.9. The third-order valence-electron chi connectivity index (χ3n) is 5.32. The number of benzene rings is 2. The Morgan fingerprint density at radius 3 is 2.16 bits per heavy atom. The van der Waals surface area contributed by atoms with Crippen LogP contribution in [0.3, 0.4) is 0 Å². The zero-order chi connectivity index (χ0) is 23.7. The van der Waals surface area contributed by atoms with Crippen LogP contribution in [0.2, 0.25) is 0 Å². The summed E-state index contributed by atoms with van der Waals surface area (Å²) in [6.45, 7) is 5.01. The summed E-state index contributed by atoms with van der Waals surface area (Å²) in [7, 11) is -6.40. The van der Waals surface area contributed by atoms with Crippen LogP contribution in [0.4, 0.5) is 5.69 Å². The summed E-state index contributed by atoms with van der Waals surface area (Å²) in [6.07, 6.45) is 0.990. The maximum Gasteiger partial charge on any atom is 0.255 e. The van der Waals surface area contributed by atoms with Gasteiger partial charge in [0, 0.05) is 24.3 Å². The molecule has 1 aliphatic heterocycles. The number of nitrogens with zero attached hydrogens (tertiary/aromatic N) is 1. The molecule has 2 aromatic carbocycles. The van der Waals surface area contributed by atoms with E-state index in [2.05, 4.69) is 5.32 Å². The number of nitrogens with one attached hydrogen (secondary N) is 1. The number of anilines is 1. The van der Waals surface area contributed by atoms with Crippen LogP contribution in [0.5, 0.6) is 5.75 Å². The Morgan fingerprint density at radius 1 is 1.03 bits per heavy atom. The van der Waals surface area contributed by atoms with Gasteiger partial charge in [-0.05, 0) is 60.7 Å². The fraction of sp³-hybridized carbons (Fsp3) is 0.381. The fourth-order valence-electron chi connectivity index (χ4n) is 3.91. The van der Waals surface area contributed by atoms with E-state index >= 15 is 0 Å². The highest BCUT2D eigenvalue weighted by molar-refractivity contribution is 7.89. The van der Waals surface area contributed by atoms with Crippen molar-refractivity contribution in [2.75, 3.05) is 25.5 Å². The molecule has 0 radical (unpaired) electrons. The molecule has 3 N–H and O–H groups in total. The van der Waals surface area contributed by atoms with Gasteiger partial charge in [0.1, 0.15) is 10.6 Å². The van der Waals surface area contributed by atoms with E-state index in [0.717, 1.165) is 6.42 Å². The molecular formula is C21H27N3O6S2. The third-order valence-corrected chi connectivity index (χ3v) is 8.10. The molecule has 0 bridgehead atoms. The predicted octanol–water partition coefficient (Wildman–Crippen LogP) is 2.26. The molecule has 0 saturated carbocycles. The number of methoxy groups -OCH3 is 1. The number of hydrogen-bond donors (Lipinski definition) is 2. The summed E-state index contributed by atoms with van der Waals surface area (Å²) in [4.78, 5) is 12.5. The molecule has 1 heterocycles. The number of primary sulfonamides is 1. The van der Waals surface area contributed by atoms with Crippen molar-refractivity contribution in [2.24, 2.45) is 17.0 Å². The highest BCUT2D eigenvalue weighted by Crippen LogP contribution is 2.28. The van der Waals surface area contributed by atoms with E-state index in [-0.39, 0.29) is 38.6 Å². The van der Waals surface area contributed by atoms with Gasteiger partial charge in [0.25, 0.3) is 5.91 Å².